The van der Waals surface area contributed by atoms with Crippen molar-refractivity contribution in [2.45, 2.75) is 19.4 Å². The highest BCUT2D eigenvalue weighted by molar-refractivity contribution is 5.34. The van der Waals surface area contributed by atoms with E-state index in [9.17, 15) is 4.91 Å². The van der Waals surface area contributed by atoms with Gasteiger partial charge in [0.25, 0.3) is 0 Å². The summed E-state index contributed by atoms with van der Waals surface area (Å²) in [5.74, 6) is 0. The summed E-state index contributed by atoms with van der Waals surface area (Å²) in [7, 11) is 0. The Morgan fingerprint density at radius 3 is 2.60 bits per heavy atom. The van der Waals surface area contributed by atoms with E-state index in [1.165, 1.54) is 5.57 Å². The van der Waals surface area contributed by atoms with Gasteiger partial charge in [0, 0.05) is 0 Å². The van der Waals surface area contributed by atoms with E-state index in [4.69, 9.17) is 0 Å². The number of rotatable bonds is 2. The molecule has 0 aromatic heterocycles. The van der Waals surface area contributed by atoms with Gasteiger partial charge in [0.2, 0.25) is 0 Å². The van der Waals surface area contributed by atoms with Crippen molar-refractivity contribution in [1.82, 2.24) is 5.01 Å². The van der Waals surface area contributed by atoms with Gasteiger partial charge in [-0.25, -0.2) is 5.01 Å². The minimum atomic E-state index is -0.382. The fraction of sp³-hybridized carbons (Fsp3) is 0.333. The predicted molar refractivity (Wildman–Crippen MR) is 60.1 cm³/mol. The molecular weight excluding hydrogens is 188 g/mol. The largest absolute Gasteiger partial charge is 0.243 e. The van der Waals surface area contributed by atoms with Gasteiger partial charge in [0.1, 0.15) is 5.54 Å². The molecule has 0 radical (unpaired) electrons. The van der Waals surface area contributed by atoms with E-state index in [0.717, 1.165) is 5.56 Å². The highest BCUT2D eigenvalue weighted by Gasteiger charge is 2.36. The van der Waals surface area contributed by atoms with Crippen LogP contribution in [0.15, 0.2) is 47.3 Å². The summed E-state index contributed by atoms with van der Waals surface area (Å²) >= 11 is 0. The fourth-order valence-corrected chi connectivity index (χ4v) is 2.12. The molecule has 1 atom stereocenters. The predicted octanol–water partition coefficient (Wildman–Crippen LogP) is 2.85. The minimum Gasteiger partial charge on any atom is -0.243 e. The summed E-state index contributed by atoms with van der Waals surface area (Å²) in [6.07, 6.45) is 2.10. The van der Waals surface area contributed by atoms with Crippen LogP contribution in [0, 0.1) is 4.91 Å². The van der Waals surface area contributed by atoms with Gasteiger partial charge < -0.3 is 0 Å². The Labute approximate surface area is 89.4 Å². The smallest absolute Gasteiger partial charge is 0.102 e. The first-order chi connectivity index (χ1) is 7.16. The van der Waals surface area contributed by atoms with Gasteiger partial charge in [-0.2, -0.15) is 0 Å². The molecule has 1 aromatic carbocycles. The molecule has 1 heterocycles. The number of hydrogen-bond acceptors (Lipinski definition) is 2. The highest BCUT2D eigenvalue weighted by atomic mass is 16.3. The lowest BCUT2D eigenvalue weighted by Crippen LogP contribution is -2.34. The van der Waals surface area contributed by atoms with Crippen molar-refractivity contribution < 1.29 is 0 Å². The molecule has 1 aromatic rings. The second-order valence-electron chi connectivity index (χ2n) is 4.14. The lowest BCUT2D eigenvalue weighted by molar-refractivity contribution is 0.186. The van der Waals surface area contributed by atoms with Crippen LogP contribution in [0.2, 0.25) is 0 Å². The van der Waals surface area contributed by atoms with E-state index in [0.29, 0.717) is 6.54 Å². The second kappa shape index (κ2) is 3.50. The number of nitrogens with zero attached hydrogens (tertiary/aromatic N) is 2. The first-order valence-electron chi connectivity index (χ1n) is 5.01. The molecule has 0 saturated heterocycles. The van der Waals surface area contributed by atoms with Crippen LogP contribution in [0.1, 0.15) is 19.4 Å². The summed E-state index contributed by atoms with van der Waals surface area (Å²) in [5.41, 5.74) is 1.90. The average molecular weight is 202 g/mol. The first-order valence-corrected chi connectivity index (χ1v) is 5.01. The molecule has 0 spiro atoms. The zero-order chi connectivity index (χ0) is 10.9. The van der Waals surface area contributed by atoms with E-state index in [2.05, 4.69) is 11.4 Å². The Kier molecular flexibility index (Phi) is 2.31. The van der Waals surface area contributed by atoms with E-state index in [1.54, 1.807) is 5.01 Å². The van der Waals surface area contributed by atoms with Crippen molar-refractivity contribution in [3.63, 3.8) is 0 Å². The van der Waals surface area contributed by atoms with Crippen LogP contribution < -0.4 is 0 Å². The Morgan fingerprint density at radius 1 is 1.33 bits per heavy atom. The topological polar surface area (TPSA) is 32.7 Å². The van der Waals surface area contributed by atoms with E-state index < -0.39 is 0 Å². The molecule has 1 aliphatic heterocycles. The standard InChI is InChI=1S/C12H14N2O/c1-10-8-12(2,14(9-10)13-15)11-6-4-3-5-7-11/h3-8H,9H2,1-2H3. The van der Waals surface area contributed by atoms with Crippen molar-refractivity contribution >= 4 is 0 Å². The molecule has 1 aliphatic rings. The zero-order valence-electron chi connectivity index (χ0n) is 8.97. The molecule has 3 nitrogen and oxygen atoms in total. The Hall–Kier alpha value is -1.64. The maximum atomic E-state index is 10.8. The fourth-order valence-electron chi connectivity index (χ4n) is 2.12. The maximum Gasteiger partial charge on any atom is 0.102 e. The highest BCUT2D eigenvalue weighted by Crippen LogP contribution is 2.36. The third kappa shape index (κ3) is 1.54. The third-order valence-corrected chi connectivity index (χ3v) is 2.92. The molecule has 0 aliphatic carbocycles. The van der Waals surface area contributed by atoms with Crippen molar-refractivity contribution in [2.24, 2.45) is 5.29 Å². The molecule has 0 saturated carbocycles. The minimum absolute atomic E-state index is 0.382. The summed E-state index contributed by atoms with van der Waals surface area (Å²) in [5, 5.41) is 4.68. The molecule has 1 unspecified atom stereocenters. The monoisotopic (exact) mass is 202 g/mol. The van der Waals surface area contributed by atoms with Gasteiger partial charge >= 0.3 is 0 Å². The average Bonchev–Trinajstić information content (AvgIpc) is 2.56. The molecule has 0 N–H and O–H groups in total. The van der Waals surface area contributed by atoms with Crippen molar-refractivity contribution in [3.8, 4) is 0 Å². The number of benzene rings is 1. The van der Waals surface area contributed by atoms with Crippen LogP contribution in [-0.2, 0) is 5.54 Å². The van der Waals surface area contributed by atoms with Crippen LogP contribution in [0.5, 0.6) is 0 Å². The van der Waals surface area contributed by atoms with Crippen LogP contribution in [0.3, 0.4) is 0 Å². The second-order valence-corrected chi connectivity index (χ2v) is 4.14. The van der Waals surface area contributed by atoms with E-state index >= 15 is 0 Å². The van der Waals surface area contributed by atoms with Gasteiger partial charge in [-0.3, -0.25) is 0 Å². The molecule has 15 heavy (non-hydrogen) atoms. The summed E-state index contributed by atoms with van der Waals surface area (Å²) in [6.45, 7) is 4.65. The van der Waals surface area contributed by atoms with Crippen LogP contribution >= 0.6 is 0 Å². The van der Waals surface area contributed by atoms with Crippen LogP contribution in [-0.4, -0.2) is 11.6 Å². The molecule has 2 rings (SSSR count). The molecule has 0 fully saturated rings. The van der Waals surface area contributed by atoms with Gasteiger partial charge in [-0.15, -0.1) is 4.91 Å². The summed E-state index contributed by atoms with van der Waals surface area (Å²) < 4.78 is 0. The lowest BCUT2D eigenvalue weighted by Gasteiger charge is -2.29. The molecular formula is C12H14N2O. The molecule has 0 amide bonds. The van der Waals surface area contributed by atoms with Gasteiger partial charge in [-0.1, -0.05) is 42.0 Å². The first kappa shape index (κ1) is 9.90. The van der Waals surface area contributed by atoms with E-state index in [1.807, 2.05) is 44.2 Å². The maximum absolute atomic E-state index is 10.8. The van der Waals surface area contributed by atoms with Gasteiger partial charge in [0.15, 0.2) is 0 Å². The Bertz CT molecular complexity index is 399. The summed E-state index contributed by atoms with van der Waals surface area (Å²) in [6, 6.07) is 9.97. The normalized spacial score (nSPS) is 25.2. The third-order valence-electron chi connectivity index (χ3n) is 2.92. The molecule has 78 valence electrons. The zero-order valence-corrected chi connectivity index (χ0v) is 8.97. The number of hydrogen-bond donors (Lipinski definition) is 0. The quantitative estimate of drug-likeness (QED) is 0.545. The van der Waals surface area contributed by atoms with Crippen molar-refractivity contribution in [2.75, 3.05) is 6.54 Å². The lowest BCUT2D eigenvalue weighted by atomic mass is 9.92. The van der Waals surface area contributed by atoms with Crippen LogP contribution in [0.4, 0.5) is 0 Å². The van der Waals surface area contributed by atoms with Gasteiger partial charge in [0.05, 0.1) is 11.8 Å². The van der Waals surface area contributed by atoms with Crippen molar-refractivity contribution in [3.05, 3.63) is 52.5 Å². The SMILES string of the molecule is CC1=CC(C)(c2ccccc2)N(N=O)C1. The Balaban J connectivity index is 2.45. The molecule has 3 heteroatoms. The van der Waals surface area contributed by atoms with Crippen LogP contribution in [0.25, 0.3) is 0 Å². The molecule has 0 bridgehead atoms. The Morgan fingerprint density at radius 2 is 2.00 bits per heavy atom. The van der Waals surface area contributed by atoms with E-state index in [-0.39, 0.29) is 5.54 Å². The number of nitroso groups, excluding NO2 is 1. The van der Waals surface area contributed by atoms with Gasteiger partial charge in [-0.05, 0) is 19.4 Å². The summed E-state index contributed by atoms with van der Waals surface area (Å²) in [4.78, 5) is 10.8. The van der Waals surface area contributed by atoms with Crippen molar-refractivity contribution in [1.29, 1.82) is 0 Å².